The van der Waals surface area contributed by atoms with Crippen LogP contribution in [0.3, 0.4) is 0 Å². The fourth-order valence-electron chi connectivity index (χ4n) is 4.17. The third-order valence-electron chi connectivity index (χ3n) is 6.11. The van der Waals surface area contributed by atoms with Crippen LogP contribution in [0.1, 0.15) is 148 Å². The number of carbonyl (C=O) groups is 2. The number of carboxylic acids is 2. The van der Waals surface area contributed by atoms with Crippen LogP contribution in [0.15, 0.2) is 0 Å². The van der Waals surface area contributed by atoms with E-state index < -0.39 is 11.9 Å². The van der Waals surface area contributed by atoms with Crippen molar-refractivity contribution in [3.63, 3.8) is 0 Å². The van der Waals surface area contributed by atoms with Gasteiger partial charge in [-0.2, -0.15) is 0 Å². The summed E-state index contributed by atoms with van der Waals surface area (Å²) in [5.74, 6) is -1.01. The molecule has 1 unspecified atom stereocenters. The lowest BCUT2D eigenvalue weighted by Gasteiger charge is -2.08. The van der Waals surface area contributed by atoms with Gasteiger partial charge in [0.1, 0.15) is 0 Å². The maximum atomic E-state index is 10.6. The first-order valence-corrected chi connectivity index (χ1v) is 13.0. The predicted octanol–water partition coefficient (Wildman–Crippen LogP) is 8.37. The molecule has 2 N–H and O–H groups in total. The summed E-state index contributed by atoms with van der Waals surface area (Å²) in [7, 11) is 0. The molecule has 0 heterocycles. The molecule has 0 aromatic heterocycles. The molecule has 0 fully saturated rings. The van der Waals surface area contributed by atoms with Gasteiger partial charge in [-0.05, 0) is 12.3 Å². The van der Waals surface area contributed by atoms with E-state index in [-0.39, 0.29) is 0 Å². The van der Waals surface area contributed by atoms with Crippen molar-refractivity contribution in [2.45, 2.75) is 148 Å². The van der Waals surface area contributed by atoms with Crippen molar-refractivity contribution in [1.29, 1.82) is 0 Å². The third-order valence-corrected chi connectivity index (χ3v) is 6.11. The summed E-state index contributed by atoms with van der Waals surface area (Å²) in [6, 6.07) is 0. The Balaban J connectivity index is 3.08. The number of unbranched alkanes of at least 4 members (excludes halogenated alkanes) is 18. The standard InChI is InChI=1S/C26H50O4/c1-24(23-26(29)30)21-19-17-15-13-11-9-7-5-3-2-4-6-8-10-12-14-16-18-20-22-25(27)28/h24H,2-23H2,1H3,(H,27,28)(H,29,30). The molecule has 0 radical (unpaired) electrons. The zero-order valence-corrected chi connectivity index (χ0v) is 19.8. The van der Waals surface area contributed by atoms with Gasteiger partial charge >= 0.3 is 11.9 Å². The van der Waals surface area contributed by atoms with E-state index in [1.807, 2.05) is 6.92 Å². The second kappa shape index (κ2) is 22.6. The van der Waals surface area contributed by atoms with E-state index in [9.17, 15) is 9.59 Å². The summed E-state index contributed by atoms with van der Waals surface area (Å²) in [4.78, 5) is 21.0. The first-order valence-electron chi connectivity index (χ1n) is 13.0. The highest BCUT2D eigenvalue weighted by Crippen LogP contribution is 2.16. The van der Waals surface area contributed by atoms with Crippen LogP contribution in [-0.2, 0) is 9.59 Å². The smallest absolute Gasteiger partial charge is 0.303 e. The Morgan fingerprint density at radius 3 is 1.10 bits per heavy atom. The van der Waals surface area contributed by atoms with Gasteiger partial charge in [-0.15, -0.1) is 0 Å². The summed E-state index contributed by atoms with van der Waals surface area (Å²) in [6.45, 7) is 2.05. The molecular weight excluding hydrogens is 376 g/mol. The van der Waals surface area contributed by atoms with Gasteiger partial charge in [0.2, 0.25) is 0 Å². The van der Waals surface area contributed by atoms with Crippen molar-refractivity contribution < 1.29 is 19.8 Å². The van der Waals surface area contributed by atoms with Crippen molar-refractivity contribution in [3.05, 3.63) is 0 Å². The molecule has 0 aliphatic rings. The molecule has 0 aliphatic heterocycles. The molecule has 0 saturated heterocycles. The SMILES string of the molecule is CC(CCCCCCCCCCCCCCCCCCCCCC(=O)O)CC(=O)O. The first-order chi connectivity index (χ1) is 14.5. The number of aliphatic carboxylic acids is 2. The van der Waals surface area contributed by atoms with E-state index in [4.69, 9.17) is 10.2 Å². The molecule has 4 heteroatoms. The van der Waals surface area contributed by atoms with E-state index in [2.05, 4.69) is 0 Å². The second-order valence-corrected chi connectivity index (χ2v) is 9.35. The molecule has 0 aromatic rings. The summed E-state index contributed by atoms with van der Waals surface area (Å²) in [5, 5.41) is 17.3. The van der Waals surface area contributed by atoms with Gasteiger partial charge in [-0.3, -0.25) is 9.59 Å². The van der Waals surface area contributed by atoms with Crippen LogP contribution in [0.4, 0.5) is 0 Å². The van der Waals surface area contributed by atoms with Crippen molar-refractivity contribution in [1.82, 2.24) is 0 Å². The van der Waals surface area contributed by atoms with Gasteiger partial charge in [0.25, 0.3) is 0 Å². The summed E-state index contributed by atoms with van der Waals surface area (Å²) in [6.07, 6.45) is 26.3. The molecular formula is C26H50O4. The van der Waals surface area contributed by atoms with Gasteiger partial charge in [0.15, 0.2) is 0 Å². The molecule has 0 rings (SSSR count). The molecule has 178 valence electrons. The van der Waals surface area contributed by atoms with Crippen LogP contribution in [0.5, 0.6) is 0 Å². The van der Waals surface area contributed by atoms with Crippen molar-refractivity contribution in [2.24, 2.45) is 5.92 Å². The van der Waals surface area contributed by atoms with Gasteiger partial charge in [0.05, 0.1) is 0 Å². The van der Waals surface area contributed by atoms with E-state index in [1.165, 1.54) is 109 Å². The lowest BCUT2D eigenvalue weighted by molar-refractivity contribution is -0.138. The quantitative estimate of drug-likeness (QED) is 0.152. The average Bonchev–Trinajstić information content (AvgIpc) is 2.68. The van der Waals surface area contributed by atoms with Crippen LogP contribution in [0, 0.1) is 5.92 Å². The number of rotatable bonds is 24. The Morgan fingerprint density at radius 2 is 0.800 bits per heavy atom. The van der Waals surface area contributed by atoms with Crippen molar-refractivity contribution in [2.75, 3.05) is 0 Å². The minimum atomic E-state index is -0.666. The van der Waals surface area contributed by atoms with E-state index >= 15 is 0 Å². The number of hydrogen-bond donors (Lipinski definition) is 2. The van der Waals surface area contributed by atoms with Crippen LogP contribution in [0.25, 0.3) is 0 Å². The first kappa shape index (κ1) is 28.9. The van der Waals surface area contributed by atoms with E-state index in [0.29, 0.717) is 18.8 Å². The number of carboxylic acid groups (broad SMARTS) is 2. The Labute approximate surface area is 186 Å². The predicted molar refractivity (Wildman–Crippen MR) is 126 cm³/mol. The van der Waals surface area contributed by atoms with Gasteiger partial charge in [-0.1, -0.05) is 129 Å². The fourth-order valence-corrected chi connectivity index (χ4v) is 4.17. The van der Waals surface area contributed by atoms with Crippen molar-refractivity contribution >= 4 is 11.9 Å². The van der Waals surface area contributed by atoms with Crippen molar-refractivity contribution in [3.8, 4) is 0 Å². The molecule has 0 saturated carbocycles. The summed E-state index contributed by atoms with van der Waals surface area (Å²) < 4.78 is 0. The largest absolute Gasteiger partial charge is 0.481 e. The molecule has 1 atom stereocenters. The second-order valence-electron chi connectivity index (χ2n) is 9.35. The maximum absolute atomic E-state index is 10.6. The van der Waals surface area contributed by atoms with Crippen LogP contribution in [0.2, 0.25) is 0 Å². The lowest BCUT2D eigenvalue weighted by Crippen LogP contribution is -2.03. The van der Waals surface area contributed by atoms with Crippen LogP contribution in [-0.4, -0.2) is 22.2 Å². The van der Waals surface area contributed by atoms with E-state index in [1.54, 1.807) is 0 Å². The average molecular weight is 427 g/mol. The molecule has 0 aromatic carbocycles. The molecule has 4 nitrogen and oxygen atoms in total. The molecule has 0 bridgehead atoms. The zero-order valence-electron chi connectivity index (χ0n) is 19.8. The van der Waals surface area contributed by atoms with Gasteiger partial charge in [0, 0.05) is 12.8 Å². The summed E-state index contributed by atoms with van der Waals surface area (Å²) >= 11 is 0. The highest BCUT2D eigenvalue weighted by atomic mass is 16.4. The monoisotopic (exact) mass is 426 g/mol. The van der Waals surface area contributed by atoms with E-state index in [0.717, 1.165) is 19.3 Å². The summed E-state index contributed by atoms with van der Waals surface area (Å²) in [5.41, 5.74) is 0. The Hall–Kier alpha value is -1.06. The highest BCUT2D eigenvalue weighted by Gasteiger charge is 2.06. The van der Waals surface area contributed by atoms with Crippen LogP contribution >= 0.6 is 0 Å². The Morgan fingerprint density at radius 1 is 0.500 bits per heavy atom. The van der Waals surface area contributed by atoms with Gasteiger partial charge in [-0.25, -0.2) is 0 Å². The Kier molecular flexibility index (Phi) is 21.8. The minimum Gasteiger partial charge on any atom is -0.481 e. The minimum absolute atomic E-state index is 0.317. The normalized spacial score (nSPS) is 12.2. The molecule has 30 heavy (non-hydrogen) atoms. The third kappa shape index (κ3) is 25.0. The van der Waals surface area contributed by atoms with Crippen LogP contribution < -0.4 is 0 Å². The zero-order chi connectivity index (χ0) is 22.3. The molecule has 0 amide bonds. The topological polar surface area (TPSA) is 74.6 Å². The lowest BCUT2D eigenvalue weighted by atomic mass is 9.99. The number of hydrogen-bond acceptors (Lipinski definition) is 2. The maximum Gasteiger partial charge on any atom is 0.303 e. The fraction of sp³-hybridized carbons (Fsp3) is 0.923. The molecule has 0 spiro atoms. The Bertz CT molecular complexity index is 394. The molecule has 0 aliphatic carbocycles. The highest BCUT2D eigenvalue weighted by molar-refractivity contribution is 5.67. The van der Waals surface area contributed by atoms with Gasteiger partial charge < -0.3 is 10.2 Å².